The molecule has 0 bridgehead atoms. The maximum atomic E-state index is 11.9. The Bertz CT molecular complexity index is 422. The molecule has 1 aliphatic rings. The van der Waals surface area contributed by atoms with Crippen molar-refractivity contribution in [2.75, 3.05) is 0 Å². The molecule has 0 heterocycles. The summed E-state index contributed by atoms with van der Waals surface area (Å²) in [7, 11) is 0. The highest BCUT2D eigenvalue weighted by molar-refractivity contribution is 5.94. The Morgan fingerprint density at radius 3 is 2.76 bits per heavy atom. The van der Waals surface area contributed by atoms with Crippen LogP contribution in [-0.4, -0.2) is 11.9 Å². The summed E-state index contributed by atoms with van der Waals surface area (Å²) in [6.45, 7) is 0. The quantitative estimate of drug-likeness (QED) is 0.845. The first-order chi connectivity index (χ1) is 8.29. The summed E-state index contributed by atoms with van der Waals surface area (Å²) in [4.78, 5) is 11.9. The molecule has 1 fully saturated rings. The fourth-order valence-electron chi connectivity index (χ4n) is 2.30. The van der Waals surface area contributed by atoms with Gasteiger partial charge < -0.3 is 5.32 Å². The van der Waals surface area contributed by atoms with Gasteiger partial charge in [-0.1, -0.05) is 24.6 Å². The summed E-state index contributed by atoms with van der Waals surface area (Å²) in [5.41, 5.74) is 0.687. The molecule has 0 radical (unpaired) electrons. The molecule has 1 amide bonds. The standard InChI is InChI=1S/C14H16N2O/c15-10-11-5-4-8-13(9-11)16-14(17)12-6-2-1-3-7-12/h1-3,6-7,11,13H,4-5,8-9H2,(H,16,17)/t11-,13-/m0/s1. The van der Waals surface area contributed by atoms with Gasteiger partial charge in [-0.15, -0.1) is 0 Å². The maximum absolute atomic E-state index is 11.9. The summed E-state index contributed by atoms with van der Waals surface area (Å²) in [5.74, 6) is 0.0685. The fraction of sp³-hybridized carbons (Fsp3) is 0.429. The summed E-state index contributed by atoms with van der Waals surface area (Å²) in [6, 6.07) is 11.7. The summed E-state index contributed by atoms with van der Waals surface area (Å²) in [6.07, 6.45) is 3.76. The van der Waals surface area contributed by atoms with Gasteiger partial charge in [-0.25, -0.2) is 0 Å². The van der Waals surface area contributed by atoms with E-state index in [1.54, 1.807) is 12.1 Å². The molecule has 1 aliphatic carbocycles. The lowest BCUT2D eigenvalue weighted by molar-refractivity contribution is 0.0924. The average Bonchev–Trinajstić information content (AvgIpc) is 2.40. The molecular weight excluding hydrogens is 212 g/mol. The minimum atomic E-state index is -0.0332. The molecule has 3 nitrogen and oxygen atoms in total. The van der Waals surface area contributed by atoms with Crippen LogP contribution in [0.25, 0.3) is 0 Å². The second-order valence-electron chi connectivity index (χ2n) is 4.53. The van der Waals surface area contributed by atoms with Crippen molar-refractivity contribution in [3.05, 3.63) is 35.9 Å². The van der Waals surface area contributed by atoms with E-state index in [0.29, 0.717) is 5.56 Å². The Kier molecular flexibility index (Phi) is 3.77. The van der Waals surface area contributed by atoms with Gasteiger partial charge in [0.25, 0.3) is 5.91 Å². The average molecular weight is 228 g/mol. The zero-order valence-corrected chi connectivity index (χ0v) is 9.73. The molecule has 1 aromatic carbocycles. The van der Waals surface area contributed by atoms with E-state index in [1.807, 2.05) is 18.2 Å². The van der Waals surface area contributed by atoms with Gasteiger partial charge in [0.1, 0.15) is 0 Å². The van der Waals surface area contributed by atoms with Crippen molar-refractivity contribution in [3.8, 4) is 6.07 Å². The zero-order chi connectivity index (χ0) is 12.1. The highest BCUT2D eigenvalue weighted by Gasteiger charge is 2.23. The number of nitrogens with one attached hydrogen (secondary N) is 1. The molecule has 2 atom stereocenters. The van der Waals surface area contributed by atoms with Crippen LogP contribution in [-0.2, 0) is 0 Å². The Hall–Kier alpha value is -1.82. The molecule has 3 heteroatoms. The molecule has 88 valence electrons. The van der Waals surface area contributed by atoms with Gasteiger partial charge in [0.15, 0.2) is 0 Å². The number of carbonyl (C=O) groups is 1. The monoisotopic (exact) mass is 228 g/mol. The third kappa shape index (κ3) is 3.07. The maximum Gasteiger partial charge on any atom is 0.251 e. The molecule has 17 heavy (non-hydrogen) atoms. The Balaban J connectivity index is 1.93. The number of nitrogens with zero attached hydrogens (tertiary/aromatic N) is 1. The lowest BCUT2D eigenvalue weighted by Gasteiger charge is -2.26. The van der Waals surface area contributed by atoms with E-state index in [0.717, 1.165) is 25.7 Å². The van der Waals surface area contributed by atoms with E-state index in [9.17, 15) is 4.79 Å². The first-order valence-electron chi connectivity index (χ1n) is 6.05. The van der Waals surface area contributed by atoms with Crippen LogP contribution in [0.3, 0.4) is 0 Å². The van der Waals surface area contributed by atoms with Crippen molar-refractivity contribution in [2.45, 2.75) is 31.7 Å². The largest absolute Gasteiger partial charge is 0.349 e. The first-order valence-corrected chi connectivity index (χ1v) is 6.05. The number of amides is 1. The summed E-state index contributed by atoms with van der Waals surface area (Å²) < 4.78 is 0. The van der Waals surface area contributed by atoms with E-state index >= 15 is 0 Å². The molecule has 0 spiro atoms. The highest BCUT2D eigenvalue weighted by atomic mass is 16.1. The van der Waals surface area contributed by atoms with Crippen LogP contribution < -0.4 is 5.32 Å². The number of hydrogen-bond donors (Lipinski definition) is 1. The predicted molar refractivity (Wildman–Crippen MR) is 65.3 cm³/mol. The lowest BCUT2D eigenvalue weighted by atomic mass is 9.86. The third-order valence-corrected chi connectivity index (χ3v) is 3.23. The van der Waals surface area contributed by atoms with Crippen LogP contribution in [0, 0.1) is 17.2 Å². The number of rotatable bonds is 2. The molecule has 2 rings (SSSR count). The minimum absolute atomic E-state index is 0.0332. The third-order valence-electron chi connectivity index (χ3n) is 3.23. The fourth-order valence-corrected chi connectivity index (χ4v) is 2.30. The SMILES string of the molecule is N#C[C@H]1CCC[C@H](NC(=O)c2ccccc2)C1. The van der Waals surface area contributed by atoms with Crippen LogP contribution in [0.2, 0.25) is 0 Å². The normalized spacial score (nSPS) is 23.7. The minimum Gasteiger partial charge on any atom is -0.349 e. The van der Waals surface area contributed by atoms with E-state index in [1.165, 1.54) is 0 Å². The summed E-state index contributed by atoms with van der Waals surface area (Å²) in [5, 5.41) is 11.9. The van der Waals surface area contributed by atoms with Gasteiger partial charge in [0, 0.05) is 17.5 Å². The number of benzene rings is 1. The topological polar surface area (TPSA) is 52.9 Å². The molecule has 0 unspecified atom stereocenters. The van der Waals surface area contributed by atoms with Crippen LogP contribution >= 0.6 is 0 Å². The van der Waals surface area contributed by atoms with E-state index in [-0.39, 0.29) is 17.9 Å². The van der Waals surface area contributed by atoms with E-state index in [2.05, 4.69) is 11.4 Å². The van der Waals surface area contributed by atoms with Gasteiger partial charge in [-0.3, -0.25) is 4.79 Å². The highest BCUT2D eigenvalue weighted by Crippen LogP contribution is 2.23. The van der Waals surface area contributed by atoms with Crippen LogP contribution in [0.4, 0.5) is 0 Å². The Morgan fingerprint density at radius 2 is 2.06 bits per heavy atom. The van der Waals surface area contributed by atoms with Crippen LogP contribution in [0.1, 0.15) is 36.0 Å². The number of nitriles is 1. The molecule has 0 saturated heterocycles. The molecule has 1 aromatic rings. The van der Waals surface area contributed by atoms with E-state index in [4.69, 9.17) is 5.26 Å². The van der Waals surface area contributed by atoms with Crippen molar-refractivity contribution >= 4 is 5.91 Å². The molecule has 1 N–H and O–H groups in total. The molecule has 1 saturated carbocycles. The van der Waals surface area contributed by atoms with Gasteiger partial charge >= 0.3 is 0 Å². The second-order valence-corrected chi connectivity index (χ2v) is 4.53. The second kappa shape index (κ2) is 5.49. The number of carbonyl (C=O) groups excluding carboxylic acids is 1. The van der Waals surface area contributed by atoms with Crippen LogP contribution in [0.5, 0.6) is 0 Å². The Labute approximate surface area is 101 Å². The van der Waals surface area contributed by atoms with Gasteiger partial charge in [0.05, 0.1) is 6.07 Å². The van der Waals surface area contributed by atoms with Crippen molar-refractivity contribution in [3.63, 3.8) is 0 Å². The Morgan fingerprint density at radius 1 is 1.29 bits per heavy atom. The van der Waals surface area contributed by atoms with E-state index < -0.39 is 0 Å². The van der Waals surface area contributed by atoms with Crippen molar-refractivity contribution in [1.29, 1.82) is 5.26 Å². The van der Waals surface area contributed by atoms with Gasteiger partial charge in [-0.05, 0) is 31.4 Å². The van der Waals surface area contributed by atoms with Crippen molar-refractivity contribution in [1.82, 2.24) is 5.32 Å². The predicted octanol–water partition coefficient (Wildman–Crippen LogP) is 2.50. The summed E-state index contributed by atoms with van der Waals surface area (Å²) >= 11 is 0. The first kappa shape index (κ1) is 11.7. The van der Waals surface area contributed by atoms with Gasteiger partial charge in [-0.2, -0.15) is 5.26 Å². The van der Waals surface area contributed by atoms with Crippen molar-refractivity contribution in [2.24, 2.45) is 5.92 Å². The molecule has 0 aliphatic heterocycles. The van der Waals surface area contributed by atoms with Crippen LogP contribution in [0.15, 0.2) is 30.3 Å². The van der Waals surface area contributed by atoms with Crippen molar-refractivity contribution < 1.29 is 4.79 Å². The smallest absolute Gasteiger partial charge is 0.251 e. The zero-order valence-electron chi connectivity index (χ0n) is 9.73. The lowest BCUT2D eigenvalue weighted by Crippen LogP contribution is -2.38. The molecular formula is C14H16N2O. The number of hydrogen-bond acceptors (Lipinski definition) is 2. The van der Waals surface area contributed by atoms with Gasteiger partial charge in [0.2, 0.25) is 0 Å². The molecule has 0 aromatic heterocycles.